The minimum absolute atomic E-state index is 0. The molecule has 0 radical (unpaired) electrons. The number of ether oxygens (including phenoxy) is 3. The van der Waals surface area contributed by atoms with Crippen LogP contribution in [0.3, 0.4) is 0 Å². The summed E-state index contributed by atoms with van der Waals surface area (Å²) >= 11 is 0. The van der Waals surface area contributed by atoms with Gasteiger partial charge in [-0.15, -0.1) is 0 Å². The number of rotatable bonds is 38. The van der Waals surface area contributed by atoms with Gasteiger partial charge in [0, 0.05) is 20.0 Å². The zero-order valence-electron chi connectivity index (χ0n) is 34.4. The fourth-order valence-electron chi connectivity index (χ4n) is 6.29. The van der Waals surface area contributed by atoms with Gasteiger partial charge >= 0.3 is 11.9 Å². The van der Waals surface area contributed by atoms with E-state index in [1.54, 1.807) is 7.11 Å². The van der Waals surface area contributed by atoms with E-state index in [1.165, 1.54) is 116 Å². The molecule has 0 saturated carbocycles. The monoisotopic (exact) mass is 742 g/mol. The summed E-state index contributed by atoms with van der Waals surface area (Å²) in [7, 11) is 5.89. The van der Waals surface area contributed by atoms with Crippen molar-refractivity contribution in [2.45, 2.75) is 200 Å². The molecule has 51 heavy (non-hydrogen) atoms. The Balaban J connectivity index is 0. The summed E-state index contributed by atoms with van der Waals surface area (Å²) in [6.45, 7) is 6.66. The van der Waals surface area contributed by atoms with Gasteiger partial charge in [0.15, 0.2) is 6.10 Å². The minimum atomic E-state index is -0.449. The fraction of sp³-hybridized carbons (Fsp3) is 0.864. The molecule has 1 unspecified atom stereocenters. The molecule has 1 atom stereocenters. The van der Waals surface area contributed by atoms with Gasteiger partial charge in [0.2, 0.25) is 0 Å². The van der Waals surface area contributed by atoms with Crippen LogP contribution in [0.15, 0.2) is 24.3 Å². The van der Waals surface area contributed by atoms with Crippen molar-refractivity contribution < 1.29 is 40.7 Å². The highest BCUT2D eigenvalue weighted by Gasteiger charge is 2.26. The number of quaternary nitrogens is 1. The molecule has 0 aromatic carbocycles. The maximum Gasteiger partial charge on any atom is 0.306 e. The van der Waals surface area contributed by atoms with Crippen LogP contribution >= 0.6 is 0 Å². The molecule has 0 bridgehead atoms. The molecule has 0 aromatic rings. The molecule has 0 fully saturated rings. The number of carbonyl (C=O) groups excluding carboxylic acids is 2. The largest absolute Gasteiger partial charge is 1.00 e. The number of hydrogen-bond donors (Lipinski definition) is 0. The summed E-state index contributed by atoms with van der Waals surface area (Å²) in [5.41, 5.74) is 0. The van der Waals surface area contributed by atoms with Gasteiger partial charge in [-0.25, -0.2) is 0 Å². The van der Waals surface area contributed by atoms with Crippen LogP contribution in [0.4, 0.5) is 0 Å². The summed E-state index contributed by atoms with van der Waals surface area (Å²) in [5, 5.41) is 0. The van der Waals surface area contributed by atoms with Crippen LogP contribution in [-0.2, 0) is 23.8 Å². The third kappa shape index (κ3) is 39.7. The Morgan fingerprint density at radius 3 is 1.33 bits per heavy atom. The first-order valence-corrected chi connectivity index (χ1v) is 21.3. The zero-order valence-corrected chi connectivity index (χ0v) is 35.1. The Hall–Kier alpha value is -1.37. The van der Waals surface area contributed by atoms with Crippen molar-refractivity contribution in [1.29, 1.82) is 0 Å². The summed E-state index contributed by atoms with van der Waals surface area (Å²) in [5.74, 6) is -0.379. The van der Waals surface area contributed by atoms with Gasteiger partial charge in [-0.05, 0) is 64.2 Å². The number of unbranched alkanes of at least 4 members (excludes halogenated alkanes) is 22. The maximum atomic E-state index is 12.8. The van der Waals surface area contributed by atoms with Gasteiger partial charge in [0.05, 0.1) is 20.7 Å². The van der Waals surface area contributed by atoms with Crippen LogP contribution in [0.2, 0.25) is 0 Å². The number of esters is 2. The summed E-state index contributed by atoms with van der Waals surface area (Å²) < 4.78 is 17.4. The van der Waals surface area contributed by atoms with E-state index < -0.39 is 6.10 Å². The van der Waals surface area contributed by atoms with Crippen LogP contribution in [0.25, 0.3) is 0 Å². The summed E-state index contributed by atoms with van der Waals surface area (Å²) in [6, 6.07) is 0. The Morgan fingerprint density at radius 2 is 0.922 bits per heavy atom. The van der Waals surface area contributed by atoms with Crippen molar-refractivity contribution >= 4 is 11.9 Å². The molecule has 0 amide bonds. The molecule has 0 rings (SSSR count). The highest BCUT2D eigenvalue weighted by molar-refractivity contribution is 5.70. The molecule has 302 valence electrons. The Morgan fingerprint density at radius 1 is 0.549 bits per heavy atom. The standard InChI is InChI=1S/C44H84NO5.ClH/c1-6-8-10-12-14-16-18-20-22-24-26-28-30-32-34-36-43(46)49-41-42(40-45(3,4)38-39-48-5)50-44(47)37-35-33-31-29-27-25-23-21-19-17-15-13-11-9-7-2;/h20-23,42H,6-19,24-41H2,1-5H3;1H/q+1;/p-1/b22-20+,23-21+;. The number of allylic oxidation sites excluding steroid dienone is 4. The lowest BCUT2D eigenvalue weighted by atomic mass is 10.1. The van der Waals surface area contributed by atoms with E-state index in [0.717, 1.165) is 57.9 Å². The summed E-state index contributed by atoms with van der Waals surface area (Å²) in [4.78, 5) is 25.3. The molecule has 0 saturated heterocycles. The number of likely N-dealkylation sites (N-methyl/N-ethyl adjacent to an activating group) is 1. The Labute approximate surface area is 323 Å². The number of halogens is 1. The zero-order chi connectivity index (χ0) is 36.8. The molecule has 0 aliphatic rings. The van der Waals surface area contributed by atoms with E-state index in [2.05, 4.69) is 52.2 Å². The van der Waals surface area contributed by atoms with E-state index in [0.29, 0.717) is 30.5 Å². The van der Waals surface area contributed by atoms with Crippen molar-refractivity contribution in [2.24, 2.45) is 0 Å². The molecular formula is C44H84ClNO5. The Bertz CT molecular complexity index is 815. The van der Waals surface area contributed by atoms with E-state index in [4.69, 9.17) is 14.2 Å². The summed E-state index contributed by atoms with van der Waals surface area (Å²) in [6.07, 6.45) is 41.8. The second kappa shape index (κ2) is 39.8. The first-order valence-electron chi connectivity index (χ1n) is 21.3. The van der Waals surface area contributed by atoms with E-state index in [1.807, 2.05) is 0 Å². The number of nitrogens with zero attached hydrogens (tertiary/aromatic N) is 1. The second-order valence-electron chi connectivity index (χ2n) is 15.3. The van der Waals surface area contributed by atoms with Crippen LogP contribution in [0.1, 0.15) is 194 Å². The number of hydrogen-bond acceptors (Lipinski definition) is 5. The Kier molecular flexibility index (Phi) is 40.4. The molecule has 0 aliphatic carbocycles. The van der Waals surface area contributed by atoms with Crippen LogP contribution < -0.4 is 12.4 Å². The minimum Gasteiger partial charge on any atom is -1.00 e. The first kappa shape index (κ1) is 51.7. The maximum absolute atomic E-state index is 12.8. The number of carbonyl (C=O) groups is 2. The lowest BCUT2D eigenvalue weighted by Gasteiger charge is -2.32. The van der Waals surface area contributed by atoms with Gasteiger partial charge < -0.3 is 31.1 Å². The predicted molar refractivity (Wildman–Crippen MR) is 213 cm³/mol. The van der Waals surface area contributed by atoms with E-state index in [-0.39, 0.29) is 31.0 Å². The predicted octanol–water partition coefficient (Wildman–Crippen LogP) is 9.24. The third-order valence-electron chi connectivity index (χ3n) is 9.61. The van der Waals surface area contributed by atoms with Crippen LogP contribution in [0.5, 0.6) is 0 Å². The van der Waals surface area contributed by atoms with Crippen LogP contribution in [0, 0.1) is 0 Å². The average Bonchev–Trinajstić information content (AvgIpc) is 3.09. The van der Waals surface area contributed by atoms with Crippen molar-refractivity contribution in [1.82, 2.24) is 0 Å². The van der Waals surface area contributed by atoms with Crippen molar-refractivity contribution in [3.63, 3.8) is 0 Å². The van der Waals surface area contributed by atoms with E-state index in [9.17, 15) is 9.59 Å². The van der Waals surface area contributed by atoms with E-state index >= 15 is 0 Å². The highest BCUT2D eigenvalue weighted by Crippen LogP contribution is 2.14. The smallest absolute Gasteiger partial charge is 0.306 e. The molecule has 0 spiro atoms. The quantitative estimate of drug-likeness (QED) is 0.0273. The number of methoxy groups -OCH3 is 1. The first-order chi connectivity index (χ1) is 24.3. The molecular weight excluding hydrogens is 658 g/mol. The van der Waals surface area contributed by atoms with Crippen molar-refractivity contribution in [3.8, 4) is 0 Å². The molecule has 0 aliphatic heterocycles. The fourth-order valence-corrected chi connectivity index (χ4v) is 6.29. The third-order valence-corrected chi connectivity index (χ3v) is 9.61. The molecule has 7 heteroatoms. The average molecular weight is 743 g/mol. The van der Waals surface area contributed by atoms with Crippen molar-refractivity contribution in [2.75, 3.05) is 47.5 Å². The molecule has 0 aromatic heterocycles. The van der Waals surface area contributed by atoms with Crippen LogP contribution in [-0.4, -0.2) is 70.0 Å². The SMILES string of the molecule is CCCCCCCC/C=C/CCCCCCCC(=O)OCC(C[N+](C)(C)CCOC)OC(=O)CCCCCCC/C=C/CCCCCCCC.[Cl-]. The molecule has 0 heterocycles. The highest BCUT2D eigenvalue weighted by atomic mass is 35.5. The lowest BCUT2D eigenvalue weighted by Crippen LogP contribution is -3.00. The second-order valence-corrected chi connectivity index (χ2v) is 15.3. The van der Waals surface area contributed by atoms with Gasteiger partial charge in [-0.1, -0.05) is 141 Å². The topological polar surface area (TPSA) is 61.8 Å². The van der Waals surface area contributed by atoms with Crippen molar-refractivity contribution in [3.05, 3.63) is 24.3 Å². The lowest BCUT2D eigenvalue weighted by molar-refractivity contribution is -0.893. The van der Waals surface area contributed by atoms with Gasteiger partial charge in [-0.3, -0.25) is 9.59 Å². The molecule has 6 nitrogen and oxygen atoms in total. The molecule has 0 N–H and O–H groups in total. The van der Waals surface area contributed by atoms with Gasteiger partial charge in [0.25, 0.3) is 0 Å². The van der Waals surface area contributed by atoms with Gasteiger partial charge in [0.1, 0.15) is 19.7 Å². The van der Waals surface area contributed by atoms with Gasteiger partial charge in [-0.2, -0.15) is 0 Å². The normalized spacial score (nSPS) is 12.4.